The number of nitrogens with zero attached hydrogens (tertiary/aromatic N) is 1. The van der Waals surface area contributed by atoms with Crippen LogP contribution in [-0.4, -0.2) is 11.5 Å². The van der Waals surface area contributed by atoms with Gasteiger partial charge in [-0.3, -0.25) is 4.99 Å². The summed E-state index contributed by atoms with van der Waals surface area (Å²) in [6.07, 6.45) is 10.1. The number of fused-ring (bicyclic) bond motifs is 1. The molecule has 0 amide bonds. The molecule has 1 heterocycles. The zero-order valence-corrected chi connectivity index (χ0v) is 8.17. The first-order chi connectivity index (χ1) is 6.36. The fourth-order valence-corrected chi connectivity index (χ4v) is 1.66. The Hall–Kier alpha value is -0.940. The molecule has 13 heavy (non-hydrogen) atoms. The number of rotatable bonds is 0. The van der Waals surface area contributed by atoms with E-state index in [-0.39, 0.29) is 11.2 Å². The van der Waals surface area contributed by atoms with Crippen molar-refractivity contribution in [3.63, 3.8) is 0 Å². The third-order valence-electron chi connectivity index (χ3n) is 2.17. The Labute approximate surface area is 84.0 Å². The number of hydrogen-bond acceptors (Lipinski definition) is 2. The van der Waals surface area contributed by atoms with E-state index < -0.39 is 0 Å². The van der Waals surface area contributed by atoms with Gasteiger partial charge in [-0.1, -0.05) is 17.9 Å². The Kier molecular flexibility index (Phi) is 2.56. The summed E-state index contributed by atoms with van der Waals surface area (Å²) in [5.74, 6) is 6.50. The first-order valence-corrected chi connectivity index (χ1v) is 4.97. The number of thiol groups is 1. The van der Waals surface area contributed by atoms with E-state index >= 15 is 0 Å². The van der Waals surface area contributed by atoms with Crippen molar-refractivity contribution in [2.75, 3.05) is 0 Å². The molecule has 0 N–H and O–H groups in total. The van der Waals surface area contributed by atoms with Crippen LogP contribution < -0.4 is 0 Å². The van der Waals surface area contributed by atoms with Gasteiger partial charge >= 0.3 is 0 Å². The standard InChI is InChI=1S/C11H11NS/c13-11-3-1-2-9-6-7-12-8-10(9)4-5-11/h2,6-8,10-11,13H,1,3H2/b9-2-. The molecule has 0 aromatic heterocycles. The lowest BCUT2D eigenvalue weighted by molar-refractivity contribution is 0.879. The van der Waals surface area contributed by atoms with Crippen LogP contribution in [0.4, 0.5) is 0 Å². The normalized spacial score (nSPS) is 34.7. The van der Waals surface area contributed by atoms with Crippen LogP contribution >= 0.6 is 12.6 Å². The van der Waals surface area contributed by atoms with Gasteiger partial charge in [-0.25, -0.2) is 0 Å². The zero-order chi connectivity index (χ0) is 9.10. The Morgan fingerprint density at radius 2 is 2.38 bits per heavy atom. The van der Waals surface area contributed by atoms with Crippen molar-refractivity contribution in [1.29, 1.82) is 0 Å². The molecular weight excluding hydrogens is 178 g/mol. The lowest BCUT2D eigenvalue weighted by Crippen LogP contribution is -2.08. The van der Waals surface area contributed by atoms with Crippen molar-refractivity contribution < 1.29 is 0 Å². The molecule has 2 rings (SSSR count). The average molecular weight is 189 g/mol. The van der Waals surface area contributed by atoms with Crippen molar-refractivity contribution in [3.8, 4) is 11.8 Å². The Balaban J connectivity index is 2.27. The van der Waals surface area contributed by atoms with Crippen LogP contribution in [0.2, 0.25) is 0 Å². The van der Waals surface area contributed by atoms with Gasteiger partial charge < -0.3 is 0 Å². The fraction of sp³-hybridized carbons (Fsp3) is 0.364. The highest BCUT2D eigenvalue weighted by molar-refractivity contribution is 7.81. The van der Waals surface area contributed by atoms with Crippen LogP contribution in [0.1, 0.15) is 12.8 Å². The highest BCUT2D eigenvalue weighted by Gasteiger charge is 2.11. The molecule has 0 radical (unpaired) electrons. The SMILES string of the molecule is SC1C#CC2C=NC=C/C2=C/CC1. The molecule has 0 saturated heterocycles. The molecule has 1 aliphatic carbocycles. The fourth-order valence-electron chi connectivity index (χ4n) is 1.44. The minimum atomic E-state index is 0.194. The summed E-state index contributed by atoms with van der Waals surface area (Å²) < 4.78 is 0. The van der Waals surface area contributed by atoms with Gasteiger partial charge in [-0.15, -0.1) is 0 Å². The van der Waals surface area contributed by atoms with Gasteiger partial charge in [0.05, 0.1) is 11.2 Å². The van der Waals surface area contributed by atoms with Gasteiger partial charge in [0.25, 0.3) is 0 Å². The monoisotopic (exact) mass is 189 g/mol. The number of allylic oxidation sites excluding steroid dienone is 3. The molecule has 2 atom stereocenters. The topological polar surface area (TPSA) is 12.4 Å². The molecule has 2 aliphatic rings. The van der Waals surface area contributed by atoms with Crippen molar-refractivity contribution in [2.45, 2.75) is 18.1 Å². The van der Waals surface area contributed by atoms with E-state index in [1.54, 1.807) is 0 Å². The van der Waals surface area contributed by atoms with E-state index in [4.69, 9.17) is 0 Å². The van der Waals surface area contributed by atoms with E-state index in [1.807, 2.05) is 18.5 Å². The Morgan fingerprint density at radius 1 is 1.46 bits per heavy atom. The molecule has 0 spiro atoms. The highest BCUT2D eigenvalue weighted by Crippen LogP contribution is 2.19. The van der Waals surface area contributed by atoms with E-state index in [1.165, 1.54) is 5.57 Å². The lowest BCUT2D eigenvalue weighted by Gasteiger charge is -2.13. The van der Waals surface area contributed by atoms with Gasteiger partial charge in [0.2, 0.25) is 0 Å². The molecule has 0 bridgehead atoms. The van der Waals surface area contributed by atoms with E-state index in [9.17, 15) is 0 Å². The minimum Gasteiger partial charge on any atom is -0.267 e. The molecule has 1 nitrogen and oxygen atoms in total. The second kappa shape index (κ2) is 3.85. The average Bonchev–Trinajstić information content (AvgIpc) is 2.13. The van der Waals surface area contributed by atoms with Crippen LogP contribution in [0, 0.1) is 17.8 Å². The van der Waals surface area contributed by atoms with E-state index in [0.717, 1.165) is 12.8 Å². The summed E-state index contributed by atoms with van der Waals surface area (Å²) in [7, 11) is 0. The van der Waals surface area contributed by atoms with E-state index in [0.29, 0.717) is 0 Å². The lowest BCUT2D eigenvalue weighted by atomic mass is 9.95. The van der Waals surface area contributed by atoms with Crippen LogP contribution in [0.3, 0.4) is 0 Å². The molecule has 0 saturated carbocycles. The van der Waals surface area contributed by atoms with Crippen molar-refractivity contribution in [2.24, 2.45) is 10.9 Å². The summed E-state index contributed by atoms with van der Waals surface area (Å²) in [6.45, 7) is 0. The second-order valence-electron chi connectivity index (χ2n) is 3.18. The molecular formula is C11H11NS. The number of hydrogen-bond donors (Lipinski definition) is 1. The molecule has 0 fully saturated rings. The largest absolute Gasteiger partial charge is 0.267 e. The molecule has 66 valence electrons. The predicted octanol–water partition coefficient (Wildman–Crippen LogP) is 2.22. The summed E-state index contributed by atoms with van der Waals surface area (Å²) in [4.78, 5) is 4.08. The van der Waals surface area contributed by atoms with Gasteiger partial charge in [0, 0.05) is 12.4 Å². The van der Waals surface area contributed by atoms with Gasteiger partial charge in [-0.2, -0.15) is 12.6 Å². The molecule has 2 heteroatoms. The molecule has 0 aromatic rings. The summed E-state index contributed by atoms with van der Waals surface area (Å²) >= 11 is 4.37. The summed E-state index contributed by atoms with van der Waals surface area (Å²) in [5, 5.41) is 0.220. The van der Waals surface area contributed by atoms with Crippen LogP contribution in [0.5, 0.6) is 0 Å². The first kappa shape index (κ1) is 8.65. The summed E-state index contributed by atoms with van der Waals surface area (Å²) in [6, 6.07) is 0. The minimum absolute atomic E-state index is 0.194. The van der Waals surface area contributed by atoms with Crippen LogP contribution in [0.25, 0.3) is 0 Å². The molecule has 0 aromatic carbocycles. The first-order valence-electron chi connectivity index (χ1n) is 4.45. The van der Waals surface area contributed by atoms with Gasteiger partial charge in [-0.05, 0) is 24.5 Å². The van der Waals surface area contributed by atoms with Crippen molar-refractivity contribution in [1.82, 2.24) is 0 Å². The van der Waals surface area contributed by atoms with Crippen molar-refractivity contribution in [3.05, 3.63) is 23.9 Å². The second-order valence-corrected chi connectivity index (χ2v) is 3.80. The maximum atomic E-state index is 4.37. The zero-order valence-electron chi connectivity index (χ0n) is 7.27. The predicted molar refractivity (Wildman–Crippen MR) is 59.0 cm³/mol. The van der Waals surface area contributed by atoms with Gasteiger partial charge in [0.1, 0.15) is 0 Å². The van der Waals surface area contributed by atoms with Crippen molar-refractivity contribution >= 4 is 18.8 Å². The number of aliphatic imine (C=N–C) groups is 1. The quantitative estimate of drug-likeness (QED) is 0.443. The smallest absolute Gasteiger partial charge is 0.0802 e. The van der Waals surface area contributed by atoms with E-state index in [2.05, 4.69) is 35.5 Å². The Bertz CT molecular complexity index is 341. The third kappa shape index (κ3) is 2.05. The highest BCUT2D eigenvalue weighted by atomic mass is 32.1. The Morgan fingerprint density at radius 3 is 3.31 bits per heavy atom. The van der Waals surface area contributed by atoms with Crippen LogP contribution in [-0.2, 0) is 0 Å². The van der Waals surface area contributed by atoms with Crippen LogP contribution in [0.15, 0.2) is 28.9 Å². The van der Waals surface area contributed by atoms with Gasteiger partial charge in [0.15, 0.2) is 0 Å². The third-order valence-corrected chi connectivity index (χ3v) is 2.56. The molecule has 1 aliphatic heterocycles. The maximum Gasteiger partial charge on any atom is 0.0802 e. The maximum absolute atomic E-state index is 4.37. The molecule has 2 unspecified atom stereocenters. The summed E-state index contributed by atoms with van der Waals surface area (Å²) in [5.41, 5.74) is 1.28.